The minimum absolute atomic E-state index is 0.440. The van der Waals surface area contributed by atoms with Gasteiger partial charge in [-0.2, -0.15) is 0 Å². The minimum Gasteiger partial charge on any atom is -0.382 e. The van der Waals surface area contributed by atoms with Crippen LogP contribution < -0.4 is 5.32 Å². The Kier molecular flexibility index (Phi) is 3.42. The van der Waals surface area contributed by atoms with E-state index in [1.165, 1.54) is 56.8 Å². The normalized spacial score (nSPS) is 22.8. The molecule has 2 unspecified atom stereocenters. The Morgan fingerprint density at radius 2 is 1.91 bits per heavy atom. The predicted octanol–water partition coefficient (Wildman–Crippen LogP) is 6.05. The molecule has 2 aromatic rings. The molecular weight excluding hydrogens is 298 g/mol. The molecule has 2 aliphatic rings. The quantitative estimate of drug-likeness (QED) is 0.673. The van der Waals surface area contributed by atoms with Gasteiger partial charge in [0.25, 0.3) is 0 Å². The number of hydrogen-bond donors (Lipinski definition) is 1. The zero-order valence-electron chi connectivity index (χ0n) is 14.7. The van der Waals surface area contributed by atoms with E-state index in [4.69, 9.17) is 0 Å². The van der Waals surface area contributed by atoms with Crippen LogP contribution in [0.3, 0.4) is 0 Å². The molecule has 2 heteroatoms. The fourth-order valence-corrected chi connectivity index (χ4v) is 5.66. The van der Waals surface area contributed by atoms with Gasteiger partial charge in [-0.3, -0.25) is 0 Å². The average molecular weight is 324 g/mol. The number of rotatable bonds is 1. The fourth-order valence-electron chi connectivity index (χ4n) is 4.24. The molecule has 4 rings (SSSR count). The summed E-state index contributed by atoms with van der Waals surface area (Å²) in [6.07, 6.45) is 2.43. The molecule has 1 aromatic carbocycles. The van der Waals surface area contributed by atoms with Gasteiger partial charge in [-0.1, -0.05) is 23.8 Å². The van der Waals surface area contributed by atoms with E-state index in [-0.39, 0.29) is 0 Å². The van der Waals surface area contributed by atoms with Gasteiger partial charge in [0.05, 0.1) is 0 Å². The first-order chi connectivity index (χ1) is 11.0. The molecule has 1 N–H and O–H groups in total. The van der Waals surface area contributed by atoms with Crippen LogP contribution in [-0.4, -0.2) is 6.04 Å². The zero-order valence-corrected chi connectivity index (χ0v) is 15.5. The summed E-state index contributed by atoms with van der Waals surface area (Å²) < 4.78 is 0. The Balaban J connectivity index is 1.92. The number of fused-ring (bicyclic) bond motifs is 2. The van der Waals surface area contributed by atoms with Gasteiger partial charge in [0.1, 0.15) is 0 Å². The smallest absolute Gasteiger partial charge is 0.0423 e. The molecule has 0 saturated heterocycles. The second-order valence-corrected chi connectivity index (χ2v) is 8.49. The lowest BCUT2D eigenvalue weighted by Crippen LogP contribution is -2.23. The standard InChI is InChI=1S/C21H25NS/c1-11-9-10-16-7-6-8-17(20(16)22-11)19-13(3)12(2)18-14(4)15(5)23-21(18)19/h6-8,11,19,22H,9-10H2,1-5H3. The summed E-state index contributed by atoms with van der Waals surface area (Å²) >= 11 is 2.00. The van der Waals surface area contributed by atoms with E-state index in [0.717, 1.165) is 0 Å². The summed E-state index contributed by atoms with van der Waals surface area (Å²) in [7, 11) is 0. The van der Waals surface area contributed by atoms with Gasteiger partial charge < -0.3 is 5.32 Å². The highest BCUT2D eigenvalue weighted by molar-refractivity contribution is 7.12. The zero-order chi connectivity index (χ0) is 16.3. The molecule has 0 bridgehead atoms. The first kappa shape index (κ1) is 15.0. The van der Waals surface area contributed by atoms with E-state index in [1.807, 2.05) is 11.3 Å². The second-order valence-electron chi connectivity index (χ2n) is 7.23. The van der Waals surface area contributed by atoms with Crippen molar-refractivity contribution in [3.05, 3.63) is 55.8 Å². The van der Waals surface area contributed by atoms with Crippen molar-refractivity contribution in [3.8, 4) is 0 Å². The molecule has 1 nitrogen and oxygen atoms in total. The van der Waals surface area contributed by atoms with E-state index < -0.39 is 0 Å². The second kappa shape index (κ2) is 5.24. The van der Waals surface area contributed by atoms with Crippen LogP contribution in [0.1, 0.15) is 65.1 Å². The van der Waals surface area contributed by atoms with Gasteiger partial charge in [-0.05, 0) is 75.3 Å². The van der Waals surface area contributed by atoms with Crippen molar-refractivity contribution in [1.82, 2.24) is 0 Å². The highest BCUT2D eigenvalue weighted by Gasteiger charge is 2.34. The van der Waals surface area contributed by atoms with Crippen molar-refractivity contribution < 1.29 is 0 Å². The van der Waals surface area contributed by atoms with Crippen molar-refractivity contribution in [2.24, 2.45) is 0 Å². The van der Waals surface area contributed by atoms with Gasteiger partial charge in [-0.25, -0.2) is 0 Å². The molecule has 1 aliphatic heterocycles. The van der Waals surface area contributed by atoms with E-state index in [2.05, 4.69) is 58.1 Å². The van der Waals surface area contributed by atoms with Crippen molar-refractivity contribution in [2.75, 3.05) is 5.32 Å². The topological polar surface area (TPSA) is 12.0 Å². The third-order valence-corrected chi connectivity index (χ3v) is 7.08. The highest BCUT2D eigenvalue weighted by atomic mass is 32.1. The molecular formula is C21H25NS. The Morgan fingerprint density at radius 1 is 1.13 bits per heavy atom. The number of para-hydroxylation sites is 1. The predicted molar refractivity (Wildman–Crippen MR) is 102 cm³/mol. The monoisotopic (exact) mass is 323 g/mol. The van der Waals surface area contributed by atoms with Gasteiger partial charge >= 0.3 is 0 Å². The van der Waals surface area contributed by atoms with Crippen LogP contribution in [-0.2, 0) is 6.42 Å². The lowest BCUT2D eigenvalue weighted by Gasteiger charge is -2.29. The van der Waals surface area contributed by atoms with E-state index in [9.17, 15) is 0 Å². The largest absolute Gasteiger partial charge is 0.382 e. The van der Waals surface area contributed by atoms with Gasteiger partial charge in [0.2, 0.25) is 0 Å². The molecule has 120 valence electrons. The fraction of sp³-hybridized carbons (Fsp3) is 0.429. The van der Waals surface area contributed by atoms with Crippen molar-refractivity contribution in [3.63, 3.8) is 0 Å². The molecule has 1 aromatic heterocycles. The van der Waals surface area contributed by atoms with Crippen molar-refractivity contribution in [2.45, 2.75) is 59.4 Å². The number of nitrogens with one attached hydrogen (secondary N) is 1. The van der Waals surface area contributed by atoms with Crippen LogP contribution in [0, 0.1) is 13.8 Å². The number of aryl methyl sites for hydroxylation is 2. The number of allylic oxidation sites excluding steroid dienone is 2. The van der Waals surface area contributed by atoms with E-state index in [0.29, 0.717) is 12.0 Å². The maximum absolute atomic E-state index is 3.77. The average Bonchev–Trinajstić information content (AvgIpc) is 2.94. The van der Waals surface area contributed by atoms with Crippen molar-refractivity contribution in [1.29, 1.82) is 0 Å². The van der Waals surface area contributed by atoms with Crippen LogP contribution in [0.4, 0.5) is 5.69 Å². The van der Waals surface area contributed by atoms with Gasteiger partial charge in [0.15, 0.2) is 0 Å². The summed E-state index contributed by atoms with van der Waals surface area (Å²) in [5.74, 6) is 0.440. The first-order valence-corrected chi connectivity index (χ1v) is 9.46. The third-order valence-electron chi connectivity index (χ3n) is 5.81. The number of hydrogen-bond acceptors (Lipinski definition) is 2. The van der Waals surface area contributed by atoms with Gasteiger partial charge in [0, 0.05) is 27.4 Å². The number of benzene rings is 1. The van der Waals surface area contributed by atoms with Crippen LogP contribution >= 0.6 is 11.3 Å². The SMILES string of the molecule is CC1=C(C)C(c2cccc3c2NC(C)CC3)c2sc(C)c(C)c21. The van der Waals surface area contributed by atoms with E-state index >= 15 is 0 Å². The molecule has 0 amide bonds. The Hall–Kier alpha value is -1.54. The summed E-state index contributed by atoms with van der Waals surface area (Å²) in [5, 5.41) is 3.77. The Bertz CT molecular complexity index is 825. The Labute approximate surface area is 143 Å². The van der Waals surface area contributed by atoms with Crippen molar-refractivity contribution >= 4 is 22.6 Å². The Morgan fingerprint density at radius 3 is 2.70 bits per heavy atom. The van der Waals surface area contributed by atoms with Crippen LogP contribution in [0.5, 0.6) is 0 Å². The molecule has 23 heavy (non-hydrogen) atoms. The summed E-state index contributed by atoms with van der Waals surface area (Å²) in [6, 6.07) is 7.45. The molecule has 0 radical (unpaired) electrons. The minimum atomic E-state index is 0.440. The summed E-state index contributed by atoms with van der Waals surface area (Å²) in [4.78, 5) is 3.03. The molecule has 0 saturated carbocycles. The number of thiophene rings is 1. The summed E-state index contributed by atoms with van der Waals surface area (Å²) in [5.41, 5.74) is 10.4. The maximum Gasteiger partial charge on any atom is 0.0423 e. The van der Waals surface area contributed by atoms with Crippen LogP contribution in [0.25, 0.3) is 5.57 Å². The molecule has 0 spiro atoms. The lowest BCUT2D eigenvalue weighted by molar-refractivity contribution is 0.677. The lowest BCUT2D eigenvalue weighted by atomic mass is 9.87. The maximum atomic E-state index is 3.77. The molecule has 0 fully saturated rings. The third kappa shape index (κ3) is 2.11. The van der Waals surface area contributed by atoms with Gasteiger partial charge in [-0.15, -0.1) is 11.3 Å². The molecule has 2 atom stereocenters. The first-order valence-electron chi connectivity index (χ1n) is 8.65. The van der Waals surface area contributed by atoms with Crippen LogP contribution in [0.15, 0.2) is 23.8 Å². The van der Waals surface area contributed by atoms with Crippen LogP contribution in [0.2, 0.25) is 0 Å². The molecule has 1 aliphatic carbocycles. The molecule has 2 heterocycles. The highest BCUT2D eigenvalue weighted by Crippen LogP contribution is 2.52. The number of anilines is 1. The summed E-state index contributed by atoms with van der Waals surface area (Å²) in [6.45, 7) is 11.5. The van der Waals surface area contributed by atoms with E-state index in [1.54, 1.807) is 4.88 Å².